The van der Waals surface area contributed by atoms with Crippen molar-refractivity contribution in [1.29, 1.82) is 0 Å². The lowest BCUT2D eigenvalue weighted by Gasteiger charge is -2.32. The van der Waals surface area contributed by atoms with Crippen LogP contribution < -0.4 is 9.64 Å². The number of piperidine rings is 1. The molecule has 7 nitrogen and oxygen atoms in total. The lowest BCUT2D eigenvalue weighted by Crippen LogP contribution is -2.39. The zero-order chi connectivity index (χ0) is 20.1. The van der Waals surface area contributed by atoms with E-state index in [1.807, 2.05) is 36.9 Å². The van der Waals surface area contributed by atoms with Crippen LogP contribution >= 0.6 is 0 Å². The smallest absolute Gasteiger partial charge is 0.358 e. The van der Waals surface area contributed by atoms with Gasteiger partial charge in [0.05, 0.1) is 25.6 Å². The fourth-order valence-electron chi connectivity index (χ4n) is 3.34. The fourth-order valence-corrected chi connectivity index (χ4v) is 3.34. The molecule has 1 aromatic heterocycles. The van der Waals surface area contributed by atoms with Crippen molar-refractivity contribution in [1.82, 2.24) is 9.97 Å². The Morgan fingerprint density at radius 2 is 2.07 bits per heavy atom. The van der Waals surface area contributed by atoms with Gasteiger partial charge in [-0.25, -0.2) is 9.78 Å². The highest BCUT2D eigenvalue weighted by Gasteiger charge is 2.28. The van der Waals surface area contributed by atoms with Crippen molar-refractivity contribution >= 4 is 17.6 Å². The maximum absolute atomic E-state index is 13.0. The molecule has 0 aliphatic carbocycles. The van der Waals surface area contributed by atoms with Gasteiger partial charge in [0.1, 0.15) is 11.6 Å². The second-order valence-electron chi connectivity index (χ2n) is 7.10. The summed E-state index contributed by atoms with van der Waals surface area (Å²) in [7, 11) is 1.31. The summed E-state index contributed by atoms with van der Waals surface area (Å²) < 4.78 is 10.4. The summed E-state index contributed by atoms with van der Waals surface area (Å²) in [4.78, 5) is 35.2. The predicted octanol–water partition coefficient (Wildman–Crippen LogP) is 3.15. The number of nitrogens with zero attached hydrogens (tertiary/aromatic N) is 3. The second-order valence-corrected chi connectivity index (χ2v) is 7.10. The molecule has 0 N–H and O–H groups in total. The monoisotopic (exact) mass is 383 g/mol. The topological polar surface area (TPSA) is 81.6 Å². The summed E-state index contributed by atoms with van der Waals surface area (Å²) in [6.45, 7) is 5.21. The summed E-state index contributed by atoms with van der Waals surface area (Å²) in [5.74, 6) is 0.700. The Kier molecular flexibility index (Phi) is 6.23. The lowest BCUT2D eigenvalue weighted by molar-refractivity contribution is 0.0593. The number of anilines is 1. The molecule has 7 heteroatoms. The minimum Gasteiger partial charge on any atom is -0.491 e. The lowest BCUT2D eigenvalue weighted by atomic mass is 9.90. The first-order valence-electron chi connectivity index (χ1n) is 9.44. The van der Waals surface area contributed by atoms with Crippen LogP contribution in [0, 0.1) is 5.92 Å². The summed E-state index contributed by atoms with van der Waals surface area (Å²) in [5.41, 5.74) is 0.811. The Balaban J connectivity index is 1.74. The fraction of sp³-hybridized carbons (Fsp3) is 0.429. The van der Waals surface area contributed by atoms with Crippen LogP contribution in [0.25, 0.3) is 0 Å². The van der Waals surface area contributed by atoms with Gasteiger partial charge in [-0.15, -0.1) is 0 Å². The highest BCUT2D eigenvalue weighted by molar-refractivity contribution is 5.98. The number of ether oxygens (including phenoxy) is 2. The molecule has 3 rings (SSSR count). The quantitative estimate of drug-likeness (QED) is 0.560. The van der Waals surface area contributed by atoms with Gasteiger partial charge < -0.3 is 14.4 Å². The third-order valence-electron chi connectivity index (χ3n) is 4.62. The van der Waals surface area contributed by atoms with E-state index in [-0.39, 0.29) is 23.5 Å². The van der Waals surface area contributed by atoms with E-state index >= 15 is 0 Å². The molecule has 1 saturated heterocycles. The maximum atomic E-state index is 13.0. The SMILES string of the molecule is COC(=O)c1cncc(N2CCCC(C(=O)c3cccc(OC(C)C)c3)C2)n1. The van der Waals surface area contributed by atoms with Crippen LogP contribution in [0.3, 0.4) is 0 Å². The molecule has 148 valence electrons. The number of rotatable bonds is 6. The van der Waals surface area contributed by atoms with Crippen molar-refractivity contribution in [3.05, 3.63) is 47.9 Å². The van der Waals surface area contributed by atoms with E-state index in [0.717, 1.165) is 19.4 Å². The predicted molar refractivity (Wildman–Crippen MR) is 105 cm³/mol. The standard InChI is InChI=1S/C21H25N3O4/c1-14(2)28-17-8-4-6-15(10-17)20(25)16-7-5-9-24(13-16)19-12-22-11-18(23-19)21(26)27-3/h4,6,8,10-12,14,16H,5,7,9,13H2,1-3H3. The molecule has 0 bridgehead atoms. The van der Waals surface area contributed by atoms with Crippen molar-refractivity contribution in [3.8, 4) is 5.75 Å². The maximum Gasteiger partial charge on any atom is 0.358 e. The molecule has 1 aromatic carbocycles. The number of ketones is 1. The highest BCUT2D eigenvalue weighted by Crippen LogP contribution is 2.26. The van der Waals surface area contributed by atoms with Crippen LogP contribution in [0.5, 0.6) is 5.75 Å². The first-order valence-corrected chi connectivity index (χ1v) is 9.44. The third kappa shape index (κ3) is 4.65. The molecule has 0 radical (unpaired) electrons. The number of benzene rings is 1. The molecular weight excluding hydrogens is 358 g/mol. The van der Waals surface area contributed by atoms with Gasteiger partial charge >= 0.3 is 5.97 Å². The molecule has 28 heavy (non-hydrogen) atoms. The summed E-state index contributed by atoms with van der Waals surface area (Å²) >= 11 is 0. The van der Waals surface area contributed by atoms with Gasteiger partial charge in [0, 0.05) is 24.6 Å². The number of aromatic nitrogens is 2. The van der Waals surface area contributed by atoms with E-state index in [2.05, 4.69) is 9.97 Å². The van der Waals surface area contributed by atoms with E-state index in [1.165, 1.54) is 13.3 Å². The number of esters is 1. The Labute approximate surface area is 164 Å². The van der Waals surface area contributed by atoms with Crippen molar-refractivity contribution in [2.75, 3.05) is 25.1 Å². The Hall–Kier alpha value is -2.96. The van der Waals surface area contributed by atoms with Crippen molar-refractivity contribution in [2.24, 2.45) is 5.92 Å². The molecular formula is C21H25N3O4. The van der Waals surface area contributed by atoms with E-state index in [9.17, 15) is 9.59 Å². The minimum atomic E-state index is -0.527. The molecule has 1 aliphatic heterocycles. The Morgan fingerprint density at radius 3 is 2.82 bits per heavy atom. The first kappa shape index (κ1) is 19.8. The van der Waals surface area contributed by atoms with Gasteiger partial charge in [-0.3, -0.25) is 9.78 Å². The van der Waals surface area contributed by atoms with E-state index in [0.29, 0.717) is 23.7 Å². The van der Waals surface area contributed by atoms with Gasteiger partial charge in [0.25, 0.3) is 0 Å². The van der Waals surface area contributed by atoms with Gasteiger partial charge in [-0.1, -0.05) is 12.1 Å². The molecule has 0 saturated carbocycles. The van der Waals surface area contributed by atoms with E-state index < -0.39 is 5.97 Å². The molecule has 1 unspecified atom stereocenters. The Bertz CT molecular complexity index is 853. The largest absolute Gasteiger partial charge is 0.491 e. The molecule has 1 atom stereocenters. The normalized spacial score (nSPS) is 16.7. The number of hydrogen-bond acceptors (Lipinski definition) is 7. The second kappa shape index (κ2) is 8.82. The number of Topliss-reactive ketones (excluding diaryl/α,β-unsaturated/α-hetero) is 1. The van der Waals surface area contributed by atoms with E-state index in [4.69, 9.17) is 9.47 Å². The number of methoxy groups -OCH3 is 1. The average Bonchev–Trinajstić information content (AvgIpc) is 2.72. The minimum absolute atomic E-state index is 0.0520. The van der Waals surface area contributed by atoms with Crippen LogP contribution in [0.1, 0.15) is 47.5 Å². The van der Waals surface area contributed by atoms with Crippen molar-refractivity contribution in [2.45, 2.75) is 32.8 Å². The van der Waals surface area contributed by atoms with Crippen LogP contribution in [0.2, 0.25) is 0 Å². The summed E-state index contributed by atoms with van der Waals surface area (Å²) in [6.07, 6.45) is 4.71. The first-order chi connectivity index (χ1) is 13.5. The molecule has 2 heterocycles. The van der Waals surface area contributed by atoms with Crippen LogP contribution in [0.15, 0.2) is 36.7 Å². The van der Waals surface area contributed by atoms with Crippen molar-refractivity contribution in [3.63, 3.8) is 0 Å². The average molecular weight is 383 g/mol. The molecule has 0 amide bonds. The highest BCUT2D eigenvalue weighted by atomic mass is 16.5. The molecule has 2 aromatic rings. The molecule has 1 fully saturated rings. The number of carbonyl (C=O) groups excluding carboxylic acids is 2. The van der Waals surface area contributed by atoms with Crippen LogP contribution in [-0.2, 0) is 4.74 Å². The van der Waals surface area contributed by atoms with Gasteiger partial charge in [0.15, 0.2) is 11.5 Å². The van der Waals surface area contributed by atoms with Gasteiger partial charge in [-0.05, 0) is 38.8 Å². The molecule has 0 spiro atoms. The summed E-state index contributed by atoms with van der Waals surface area (Å²) in [6, 6.07) is 7.33. The number of hydrogen-bond donors (Lipinski definition) is 0. The zero-order valence-corrected chi connectivity index (χ0v) is 16.4. The van der Waals surface area contributed by atoms with Crippen LogP contribution in [-0.4, -0.2) is 48.0 Å². The van der Waals surface area contributed by atoms with Gasteiger partial charge in [-0.2, -0.15) is 0 Å². The zero-order valence-electron chi connectivity index (χ0n) is 16.4. The van der Waals surface area contributed by atoms with Crippen molar-refractivity contribution < 1.29 is 19.1 Å². The van der Waals surface area contributed by atoms with Gasteiger partial charge in [0.2, 0.25) is 0 Å². The van der Waals surface area contributed by atoms with Crippen LogP contribution in [0.4, 0.5) is 5.82 Å². The molecule has 1 aliphatic rings. The Morgan fingerprint density at radius 1 is 1.25 bits per heavy atom. The summed E-state index contributed by atoms with van der Waals surface area (Å²) in [5, 5.41) is 0. The third-order valence-corrected chi connectivity index (χ3v) is 4.62. The van der Waals surface area contributed by atoms with E-state index in [1.54, 1.807) is 12.3 Å². The number of carbonyl (C=O) groups is 2.